The maximum Gasteiger partial charge on any atom is 0.330 e. The van der Waals surface area contributed by atoms with Gasteiger partial charge in [-0.05, 0) is 55.7 Å². The fraction of sp³-hybridized carbons (Fsp3) is 0.292. The summed E-state index contributed by atoms with van der Waals surface area (Å²) in [5.74, 6) is 0.766. The molecular weight excluding hydrogens is 392 g/mol. The standard InChI is InChI=1S/C24H26N4O3/c1-2-31-22(29)14-11-17-9-12-19(13-10-17)25-24(30)28-15-5-6-18(16-28)23-26-20-7-3-4-8-21(20)27-23/h3-4,7-14,18H,2,5-6,15-16H2,1H3,(H,25,30)(H,26,27). The van der Waals surface area contributed by atoms with Crippen LogP contribution in [0.2, 0.25) is 0 Å². The number of fused-ring (bicyclic) bond motifs is 1. The van der Waals surface area contributed by atoms with E-state index in [1.54, 1.807) is 13.0 Å². The van der Waals surface area contributed by atoms with Crippen molar-refractivity contribution in [2.75, 3.05) is 25.0 Å². The lowest BCUT2D eigenvalue weighted by Gasteiger charge is -2.31. The Kier molecular flexibility index (Phi) is 6.31. The Balaban J connectivity index is 1.36. The molecule has 3 aromatic rings. The van der Waals surface area contributed by atoms with Gasteiger partial charge in [0.15, 0.2) is 0 Å². The first kappa shape index (κ1) is 20.7. The Morgan fingerprint density at radius 3 is 2.81 bits per heavy atom. The van der Waals surface area contributed by atoms with Crippen molar-refractivity contribution in [1.29, 1.82) is 0 Å². The number of H-pyrrole nitrogens is 1. The molecule has 0 saturated carbocycles. The summed E-state index contributed by atoms with van der Waals surface area (Å²) in [6.07, 6.45) is 5.02. The molecule has 1 saturated heterocycles. The van der Waals surface area contributed by atoms with E-state index < -0.39 is 0 Å². The third-order valence-corrected chi connectivity index (χ3v) is 5.36. The molecule has 1 aliphatic rings. The summed E-state index contributed by atoms with van der Waals surface area (Å²) in [4.78, 5) is 34.2. The molecule has 4 rings (SSSR count). The van der Waals surface area contributed by atoms with Crippen molar-refractivity contribution < 1.29 is 14.3 Å². The lowest BCUT2D eigenvalue weighted by atomic mass is 9.97. The number of benzene rings is 2. The fourth-order valence-electron chi connectivity index (χ4n) is 3.79. The third-order valence-electron chi connectivity index (χ3n) is 5.36. The maximum absolute atomic E-state index is 12.8. The zero-order chi connectivity index (χ0) is 21.6. The first-order valence-electron chi connectivity index (χ1n) is 10.6. The van der Waals surface area contributed by atoms with Crippen LogP contribution in [0, 0.1) is 0 Å². The van der Waals surface area contributed by atoms with Gasteiger partial charge in [-0.2, -0.15) is 0 Å². The summed E-state index contributed by atoms with van der Waals surface area (Å²) in [7, 11) is 0. The molecule has 0 spiro atoms. The molecule has 31 heavy (non-hydrogen) atoms. The average Bonchev–Trinajstić information content (AvgIpc) is 3.23. The van der Waals surface area contributed by atoms with Gasteiger partial charge in [-0.3, -0.25) is 0 Å². The Bertz CT molecular complexity index is 1050. The van der Waals surface area contributed by atoms with Crippen molar-refractivity contribution in [3.05, 3.63) is 66.0 Å². The van der Waals surface area contributed by atoms with Gasteiger partial charge < -0.3 is 19.9 Å². The Morgan fingerprint density at radius 1 is 1.23 bits per heavy atom. The number of nitrogens with zero attached hydrogens (tertiary/aromatic N) is 2. The number of rotatable bonds is 5. The lowest BCUT2D eigenvalue weighted by molar-refractivity contribution is -0.137. The minimum Gasteiger partial charge on any atom is -0.463 e. The first-order chi connectivity index (χ1) is 15.1. The van der Waals surface area contributed by atoms with E-state index in [2.05, 4.69) is 10.3 Å². The van der Waals surface area contributed by atoms with Crippen LogP contribution in [0.4, 0.5) is 10.5 Å². The second-order valence-electron chi connectivity index (χ2n) is 7.56. The second kappa shape index (κ2) is 9.47. The van der Waals surface area contributed by atoms with Crippen LogP contribution in [0.5, 0.6) is 0 Å². The number of ether oxygens (including phenoxy) is 1. The van der Waals surface area contributed by atoms with Crippen LogP contribution in [-0.4, -0.2) is 46.6 Å². The van der Waals surface area contributed by atoms with Gasteiger partial charge in [0, 0.05) is 30.8 Å². The average molecular weight is 418 g/mol. The number of para-hydroxylation sites is 2. The van der Waals surface area contributed by atoms with Crippen LogP contribution < -0.4 is 5.32 Å². The van der Waals surface area contributed by atoms with Crippen LogP contribution in [0.25, 0.3) is 17.1 Å². The summed E-state index contributed by atoms with van der Waals surface area (Å²) in [6.45, 7) is 3.47. The predicted molar refractivity (Wildman–Crippen MR) is 121 cm³/mol. The predicted octanol–water partition coefficient (Wildman–Crippen LogP) is 4.55. The number of carbonyl (C=O) groups is 2. The first-order valence-corrected chi connectivity index (χ1v) is 10.6. The molecule has 1 unspecified atom stereocenters. The number of esters is 1. The summed E-state index contributed by atoms with van der Waals surface area (Å²) in [6, 6.07) is 15.2. The van der Waals surface area contributed by atoms with Crippen molar-refractivity contribution in [1.82, 2.24) is 14.9 Å². The number of hydrogen-bond acceptors (Lipinski definition) is 4. The molecule has 2 heterocycles. The highest BCUT2D eigenvalue weighted by molar-refractivity contribution is 5.90. The normalized spacial score (nSPS) is 16.5. The van der Waals surface area contributed by atoms with Gasteiger partial charge in [0.25, 0.3) is 0 Å². The van der Waals surface area contributed by atoms with Gasteiger partial charge in [-0.1, -0.05) is 24.3 Å². The molecule has 0 radical (unpaired) electrons. The number of likely N-dealkylation sites (tertiary alicyclic amines) is 1. The third kappa shape index (κ3) is 5.12. The van der Waals surface area contributed by atoms with Crippen LogP contribution in [-0.2, 0) is 9.53 Å². The SMILES string of the molecule is CCOC(=O)C=Cc1ccc(NC(=O)N2CCCC(c3nc4ccccc4[nH]3)C2)cc1. The summed E-state index contributed by atoms with van der Waals surface area (Å²) < 4.78 is 4.87. The molecule has 1 atom stereocenters. The number of urea groups is 1. The minimum absolute atomic E-state index is 0.115. The van der Waals surface area contributed by atoms with Gasteiger partial charge in [-0.25, -0.2) is 14.6 Å². The Hall–Kier alpha value is -3.61. The zero-order valence-electron chi connectivity index (χ0n) is 17.5. The van der Waals surface area contributed by atoms with E-state index in [0.29, 0.717) is 18.8 Å². The summed E-state index contributed by atoms with van der Waals surface area (Å²) in [5.41, 5.74) is 3.55. The topological polar surface area (TPSA) is 87.3 Å². The van der Waals surface area contributed by atoms with Crippen molar-refractivity contribution in [2.24, 2.45) is 0 Å². The highest BCUT2D eigenvalue weighted by atomic mass is 16.5. The highest BCUT2D eigenvalue weighted by Crippen LogP contribution is 2.27. The van der Waals surface area contributed by atoms with Crippen molar-refractivity contribution >= 4 is 34.8 Å². The summed E-state index contributed by atoms with van der Waals surface area (Å²) in [5, 5.41) is 2.96. The molecule has 2 amide bonds. The van der Waals surface area contributed by atoms with Gasteiger partial charge in [-0.15, -0.1) is 0 Å². The number of carbonyl (C=O) groups excluding carboxylic acids is 2. The van der Waals surface area contributed by atoms with E-state index in [1.807, 2.05) is 53.4 Å². The number of hydrogen-bond donors (Lipinski definition) is 2. The number of aromatic nitrogens is 2. The highest BCUT2D eigenvalue weighted by Gasteiger charge is 2.26. The molecule has 0 bridgehead atoms. The largest absolute Gasteiger partial charge is 0.463 e. The van der Waals surface area contributed by atoms with Crippen LogP contribution in [0.15, 0.2) is 54.6 Å². The molecule has 7 heteroatoms. The molecule has 160 valence electrons. The zero-order valence-corrected chi connectivity index (χ0v) is 17.5. The van der Waals surface area contributed by atoms with Gasteiger partial charge in [0.1, 0.15) is 5.82 Å². The lowest BCUT2D eigenvalue weighted by Crippen LogP contribution is -2.41. The minimum atomic E-state index is -0.371. The van der Waals surface area contributed by atoms with Crippen LogP contribution >= 0.6 is 0 Å². The van der Waals surface area contributed by atoms with Crippen molar-refractivity contribution in [3.63, 3.8) is 0 Å². The number of amides is 2. The van der Waals surface area contributed by atoms with E-state index in [4.69, 9.17) is 9.72 Å². The summed E-state index contributed by atoms with van der Waals surface area (Å²) >= 11 is 0. The maximum atomic E-state index is 12.8. The van der Waals surface area contributed by atoms with Crippen LogP contribution in [0.1, 0.15) is 37.1 Å². The van der Waals surface area contributed by atoms with E-state index in [0.717, 1.165) is 41.8 Å². The van der Waals surface area contributed by atoms with E-state index in [1.165, 1.54) is 6.08 Å². The van der Waals surface area contributed by atoms with Crippen molar-refractivity contribution in [2.45, 2.75) is 25.7 Å². The molecule has 2 aromatic carbocycles. The molecule has 1 aromatic heterocycles. The van der Waals surface area contributed by atoms with E-state index in [9.17, 15) is 9.59 Å². The van der Waals surface area contributed by atoms with Gasteiger partial charge >= 0.3 is 12.0 Å². The monoisotopic (exact) mass is 418 g/mol. The molecule has 7 nitrogen and oxygen atoms in total. The molecule has 1 fully saturated rings. The number of aromatic amines is 1. The van der Waals surface area contributed by atoms with Gasteiger partial charge in [0.05, 0.1) is 17.6 Å². The molecule has 2 N–H and O–H groups in total. The Morgan fingerprint density at radius 2 is 2.03 bits per heavy atom. The smallest absolute Gasteiger partial charge is 0.330 e. The molecule has 1 aliphatic heterocycles. The number of imidazole rings is 1. The van der Waals surface area contributed by atoms with E-state index in [-0.39, 0.29) is 17.9 Å². The second-order valence-corrected chi connectivity index (χ2v) is 7.56. The Labute approximate surface area is 181 Å². The number of piperidine rings is 1. The number of anilines is 1. The van der Waals surface area contributed by atoms with Crippen molar-refractivity contribution in [3.8, 4) is 0 Å². The molecular formula is C24H26N4O3. The quantitative estimate of drug-likeness (QED) is 0.470. The fourth-order valence-corrected chi connectivity index (χ4v) is 3.79. The van der Waals surface area contributed by atoms with E-state index >= 15 is 0 Å². The van der Waals surface area contributed by atoms with Gasteiger partial charge in [0.2, 0.25) is 0 Å². The number of nitrogens with one attached hydrogen (secondary N) is 2. The van der Waals surface area contributed by atoms with Crippen LogP contribution in [0.3, 0.4) is 0 Å². The molecule has 0 aliphatic carbocycles.